The highest BCUT2D eigenvalue weighted by Crippen LogP contribution is 2.32. The molecule has 2 rings (SSSR count). The van der Waals surface area contributed by atoms with E-state index in [1.54, 1.807) is 24.3 Å². The number of esters is 1. The highest BCUT2D eigenvalue weighted by molar-refractivity contribution is 14.1. The molecule has 0 aromatic carbocycles. The van der Waals surface area contributed by atoms with Crippen LogP contribution in [0.3, 0.4) is 0 Å². The van der Waals surface area contributed by atoms with E-state index in [0.29, 0.717) is 11.1 Å². The molecule has 0 aromatic rings. The zero-order chi connectivity index (χ0) is 12.4. The molecule has 0 unspecified atom stereocenters. The summed E-state index contributed by atoms with van der Waals surface area (Å²) < 4.78 is 5.63. The van der Waals surface area contributed by atoms with Crippen molar-refractivity contribution in [2.24, 2.45) is 0 Å². The number of halogens is 1. The van der Waals surface area contributed by atoms with E-state index < -0.39 is 0 Å². The number of hydrogen-bond donors (Lipinski definition) is 0. The van der Waals surface area contributed by atoms with Gasteiger partial charge in [-0.05, 0) is 51.9 Å². The first-order valence-electron chi connectivity index (χ1n) is 4.93. The molecule has 86 valence electrons. The Labute approximate surface area is 112 Å². The fraction of sp³-hybridized carbons (Fsp3) is 0.0769. The molecule has 0 bridgehead atoms. The third kappa shape index (κ3) is 2.17. The number of hydrogen-bond acceptors (Lipinski definition) is 3. The predicted molar refractivity (Wildman–Crippen MR) is 72.5 cm³/mol. The van der Waals surface area contributed by atoms with Gasteiger partial charge >= 0.3 is 5.97 Å². The number of rotatable bonds is 2. The van der Waals surface area contributed by atoms with Crippen LogP contribution in [0.2, 0.25) is 0 Å². The predicted octanol–water partition coefficient (Wildman–Crippen LogP) is 3.00. The molecule has 2 aliphatic carbocycles. The third-order valence-corrected chi connectivity index (χ3v) is 3.42. The van der Waals surface area contributed by atoms with Crippen LogP contribution in [0.1, 0.15) is 20.7 Å². The number of ether oxygens (including phenoxy) is 1. The summed E-state index contributed by atoms with van der Waals surface area (Å²) in [5.41, 5.74) is 2.84. The lowest BCUT2D eigenvalue weighted by Crippen LogP contribution is -1.99. The molecule has 0 saturated heterocycles. The second-order valence-corrected chi connectivity index (χ2v) is 4.67. The van der Waals surface area contributed by atoms with Crippen molar-refractivity contribution in [3.63, 3.8) is 0 Å². The quantitative estimate of drug-likeness (QED) is 0.480. The van der Waals surface area contributed by atoms with Crippen molar-refractivity contribution in [3.8, 4) is 11.1 Å². The maximum Gasteiger partial charge on any atom is 0.337 e. The van der Waals surface area contributed by atoms with Gasteiger partial charge in [-0.3, -0.25) is 4.79 Å². The summed E-state index contributed by atoms with van der Waals surface area (Å²) in [5.74, 6) is -0.382. The molecule has 2 aliphatic rings. The van der Waals surface area contributed by atoms with E-state index in [1.165, 1.54) is 7.11 Å². The fourth-order valence-corrected chi connectivity index (χ4v) is 2.48. The van der Waals surface area contributed by atoms with Gasteiger partial charge in [-0.2, -0.15) is 0 Å². The second-order valence-electron chi connectivity index (χ2n) is 3.51. The maximum atomic E-state index is 11.5. The zero-order valence-electron chi connectivity index (χ0n) is 9.07. The number of fused-ring (bicyclic) bond motifs is 1. The first-order valence-corrected chi connectivity index (χ1v) is 6.01. The van der Waals surface area contributed by atoms with Gasteiger partial charge in [-0.25, -0.2) is 4.79 Å². The van der Waals surface area contributed by atoms with Crippen LogP contribution in [0.15, 0.2) is 30.3 Å². The lowest BCUT2D eigenvalue weighted by atomic mass is 10.1. The van der Waals surface area contributed by atoms with Crippen LogP contribution in [0.4, 0.5) is 0 Å². The molecule has 0 atom stereocenters. The average molecular weight is 340 g/mol. The summed E-state index contributed by atoms with van der Waals surface area (Å²) in [6.07, 6.45) is 0.822. The van der Waals surface area contributed by atoms with Gasteiger partial charge in [0.25, 0.3) is 0 Å². The first-order chi connectivity index (χ1) is 8.17. The minimum atomic E-state index is -0.382. The summed E-state index contributed by atoms with van der Waals surface area (Å²) in [4.78, 5) is 22.4. The van der Waals surface area contributed by atoms with Crippen molar-refractivity contribution in [3.05, 3.63) is 45.0 Å². The van der Waals surface area contributed by atoms with Crippen molar-refractivity contribution in [1.29, 1.82) is 0 Å². The molecule has 0 fully saturated rings. The Hall–Kier alpha value is -1.43. The van der Waals surface area contributed by atoms with Crippen molar-refractivity contribution in [1.82, 2.24) is 0 Å². The van der Waals surface area contributed by atoms with Gasteiger partial charge in [0.2, 0.25) is 0 Å². The van der Waals surface area contributed by atoms with Crippen molar-refractivity contribution < 1.29 is 14.3 Å². The standard InChI is InChI=1S/C13H9IO3/c1-17-13(16)8-3-2-4-10-9(7-15)6-12(14)11(10)5-8/h2-7H,1H3. The van der Waals surface area contributed by atoms with Crippen LogP contribution in [0.25, 0.3) is 11.1 Å². The number of methoxy groups -OCH3 is 1. The normalized spacial score (nSPS) is 10.2. The second kappa shape index (κ2) is 4.83. The number of aldehydes is 1. The molecular weight excluding hydrogens is 331 g/mol. The summed E-state index contributed by atoms with van der Waals surface area (Å²) in [7, 11) is 1.35. The Balaban J connectivity index is 2.66. The largest absolute Gasteiger partial charge is 0.465 e. The number of carbonyl (C=O) groups excluding carboxylic acids is 2. The maximum absolute atomic E-state index is 11.5. The molecule has 0 heterocycles. The zero-order valence-corrected chi connectivity index (χ0v) is 11.2. The molecule has 4 heteroatoms. The van der Waals surface area contributed by atoms with E-state index in [-0.39, 0.29) is 5.97 Å². The molecule has 17 heavy (non-hydrogen) atoms. The lowest BCUT2D eigenvalue weighted by molar-refractivity contribution is 0.0601. The Morgan fingerprint density at radius 1 is 1.29 bits per heavy atom. The van der Waals surface area contributed by atoms with E-state index in [1.807, 2.05) is 6.07 Å². The highest BCUT2D eigenvalue weighted by atomic mass is 127. The van der Waals surface area contributed by atoms with Gasteiger partial charge in [0, 0.05) is 9.13 Å². The Morgan fingerprint density at radius 3 is 2.71 bits per heavy atom. The molecule has 0 N–H and O–H groups in total. The molecule has 0 amide bonds. The van der Waals surface area contributed by atoms with Gasteiger partial charge in [-0.1, -0.05) is 12.1 Å². The van der Waals surface area contributed by atoms with E-state index >= 15 is 0 Å². The van der Waals surface area contributed by atoms with Gasteiger partial charge in [0.05, 0.1) is 12.7 Å². The van der Waals surface area contributed by atoms with E-state index in [0.717, 1.165) is 21.0 Å². The van der Waals surface area contributed by atoms with Crippen molar-refractivity contribution in [2.75, 3.05) is 7.11 Å². The molecule has 0 aromatic heterocycles. The Bertz CT molecular complexity index is 563. The molecule has 0 radical (unpaired) electrons. The first kappa shape index (κ1) is 12.0. The minimum absolute atomic E-state index is 0.382. The summed E-state index contributed by atoms with van der Waals surface area (Å²) in [5, 5.41) is 0. The summed E-state index contributed by atoms with van der Waals surface area (Å²) in [6.45, 7) is 0. The topological polar surface area (TPSA) is 43.4 Å². The van der Waals surface area contributed by atoms with Gasteiger partial charge in [0.15, 0.2) is 6.29 Å². The molecule has 0 aliphatic heterocycles. The van der Waals surface area contributed by atoms with E-state index in [2.05, 4.69) is 27.3 Å². The lowest BCUT2D eigenvalue weighted by Gasteiger charge is -1.97. The number of carbonyl (C=O) groups is 2. The van der Waals surface area contributed by atoms with Crippen LogP contribution in [0, 0.1) is 3.57 Å². The SMILES string of the molecule is COC(=O)c1cccc2c(C=O)cc(I)c-2c1. The summed E-state index contributed by atoms with van der Waals surface area (Å²) in [6, 6.07) is 8.80. The van der Waals surface area contributed by atoms with Crippen LogP contribution in [0.5, 0.6) is 0 Å². The minimum Gasteiger partial charge on any atom is -0.465 e. The van der Waals surface area contributed by atoms with E-state index in [9.17, 15) is 9.59 Å². The Kier molecular flexibility index (Phi) is 3.42. The van der Waals surface area contributed by atoms with Crippen molar-refractivity contribution in [2.45, 2.75) is 0 Å². The third-order valence-electron chi connectivity index (χ3n) is 2.53. The van der Waals surface area contributed by atoms with Crippen LogP contribution < -0.4 is 0 Å². The molecular formula is C13H9IO3. The monoisotopic (exact) mass is 340 g/mol. The smallest absolute Gasteiger partial charge is 0.337 e. The molecule has 0 saturated carbocycles. The van der Waals surface area contributed by atoms with Gasteiger partial charge < -0.3 is 4.74 Å². The van der Waals surface area contributed by atoms with Crippen LogP contribution >= 0.6 is 22.6 Å². The van der Waals surface area contributed by atoms with Gasteiger partial charge in [-0.15, -0.1) is 0 Å². The van der Waals surface area contributed by atoms with Crippen LogP contribution in [-0.4, -0.2) is 19.4 Å². The van der Waals surface area contributed by atoms with E-state index in [4.69, 9.17) is 0 Å². The van der Waals surface area contributed by atoms with Gasteiger partial charge in [0.1, 0.15) is 0 Å². The van der Waals surface area contributed by atoms with Crippen LogP contribution in [-0.2, 0) is 4.74 Å². The molecule has 0 spiro atoms. The highest BCUT2D eigenvalue weighted by Gasteiger charge is 2.15. The Morgan fingerprint density at radius 2 is 2.06 bits per heavy atom. The van der Waals surface area contributed by atoms with Crippen molar-refractivity contribution >= 4 is 34.8 Å². The average Bonchev–Trinajstić information content (AvgIpc) is 2.55. The fourth-order valence-electron chi connectivity index (χ4n) is 1.70. The summed E-state index contributed by atoms with van der Waals surface area (Å²) >= 11 is 2.15. The molecule has 3 nitrogen and oxygen atoms in total.